The Hall–Kier alpha value is -0.340. The molecular formula is C15H26N2. The van der Waals surface area contributed by atoms with Crippen LogP contribution >= 0.6 is 0 Å². The molecular weight excluding hydrogens is 208 g/mol. The molecule has 3 rings (SSSR count). The Morgan fingerprint density at radius 1 is 1.18 bits per heavy atom. The summed E-state index contributed by atoms with van der Waals surface area (Å²) in [6.07, 6.45) is 8.85. The summed E-state index contributed by atoms with van der Waals surface area (Å²) in [6, 6.07) is 0.918. The second kappa shape index (κ2) is 5.11. The number of fused-ring (bicyclic) bond motifs is 1. The van der Waals surface area contributed by atoms with Crippen molar-refractivity contribution in [1.82, 2.24) is 10.2 Å². The van der Waals surface area contributed by atoms with Gasteiger partial charge in [-0.1, -0.05) is 18.4 Å². The van der Waals surface area contributed by atoms with Crippen LogP contribution in [0.15, 0.2) is 11.1 Å². The van der Waals surface area contributed by atoms with Crippen LogP contribution in [0.25, 0.3) is 0 Å². The van der Waals surface area contributed by atoms with Gasteiger partial charge in [-0.2, -0.15) is 0 Å². The van der Waals surface area contributed by atoms with Gasteiger partial charge in [0, 0.05) is 25.7 Å². The largest absolute Gasteiger partial charge is 0.309 e. The molecule has 2 unspecified atom stereocenters. The van der Waals surface area contributed by atoms with Crippen LogP contribution in [0.4, 0.5) is 0 Å². The maximum absolute atomic E-state index is 3.36. The molecule has 0 spiro atoms. The lowest BCUT2D eigenvalue weighted by Gasteiger charge is -2.44. The summed E-state index contributed by atoms with van der Waals surface area (Å²) in [7, 11) is 0. The van der Waals surface area contributed by atoms with E-state index in [1.165, 1.54) is 51.6 Å². The van der Waals surface area contributed by atoms with Crippen molar-refractivity contribution >= 4 is 0 Å². The first-order valence-electron chi connectivity index (χ1n) is 7.47. The number of likely N-dealkylation sites (tertiary alicyclic amines) is 1. The molecule has 0 amide bonds. The molecule has 1 N–H and O–H groups in total. The minimum atomic E-state index is 0.918. The highest BCUT2D eigenvalue weighted by Crippen LogP contribution is 2.35. The molecule has 2 heterocycles. The summed E-state index contributed by atoms with van der Waals surface area (Å²) in [6.45, 7) is 7.24. The molecule has 2 nitrogen and oxygen atoms in total. The quantitative estimate of drug-likeness (QED) is 0.739. The van der Waals surface area contributed by atoms with Crippen LogP contribution in [0, 0.1) is 5.92 Å². The van der Waals surface area contributed by atoms with Gasteiger partial charge in [0.15, 0.2) is 0 Å². The highest BCUT2D eigenvalue weighted by Gasteiger charge is 2.33. The first-order valence-corrected chi connectivity index (χ1v) is 7.47. The third kappa shape index (κ3) is 2.43. The Balaban J connectivity index is 1.64. The predicted octanol–water partition coefficient (Wildman–Crippen LogP) is 2.56. The lowest BCUT2D eigenvalue weighted by Crippen LogP contribution is -2.48. The maximum Gasteiger partial charge on any atom is 0.0196 e. The van der Waals surface area contributed by atoms with E-state index in [9.17, 15) is 0 Å². The van der Waals surface area contributed by atoms with E-state index >= 15 is 0 Å². The lowest BCUT2D eigenvalue weighted by molar-refractivity contribution is 0.0686. The summed E-state index contributed by atoms with van der Waals surface area (Å²) >= 11 is 0. The zero-order valence-electron chi connectivity index (χ0n) is 11.2. The number of hydrogen-bond acceptors (Lipinski definition) is 2. The lowest BCUT2D eigenvalue weighted by atomic mass is 9.78. The number of rotatable bonds is 2. The number of nitrogens with zero attached hydrogens (tertiary/aromatic N) is 1. The zero-order chi connectivity index (χ0) is 11.7. The molecule has 2 atom stereocenters. The highest BCUT2D eigenvalue weighted by atomic mass is 15.2. The van der Waals surface area contributed by atoms with Crippen molar-refractivity contribution in [2.45, 2.75) is 51.5 Å². The van der Waals surface area contributed by atoms with Crippen molar-refractivity contribution in [2.24, 2.45) is 5.92 Å². The maximum atomic E-state index is 3.36. The van der Waals surface area contributed by atoms with Crippen LogP contribution in [0.1, 0.15) is 45.4 Å². The first-order chi connectivity index (χ1) is 8.34. The Morgan fingerprint density at radius 3 is 2.71 bits per heavy atom. The molecule has 2 aliphatic heterocycles. The Bertz CT molecular complexity index is 300. The average Bonchev–Trinajstić information content (AvgIpc) is 2.27. The van der Waals surface area contributed by atoms with E-state index in [0.717, 1.165) is 25.0 Å². The van der Waals surface area contributed by atoms with E-state index in [0.29, 0.717) is 0 Å². The summed E-state index contributed by atoms with van der Waals surface area (Å²) in [5.74, 6) is 1.02. The SMILES string of the molecule is CC(CN1CCCC2CCCCC21)=C1CNC1. The van der Waals surface area contributed by atoms with Crippen LogP contribution in [0.3, 0.4) is 0 Å². The van der Waals surface area contributed by atoms with Crippen LogP contribution in [0.2, 0.25) is 0 Å². The minimum Gasteiger partial charge on any atom is -0.309 e. The fourth-order valence-electron chi connectivity index (χ4n) is 3.89. The van der Waals surface area contributed by atoms with Gasteiger partial charge in [0.25, 0.3) is 0 Å². The minimum absolute atomic E-state index is 0.918. The number of piperidine rings is 1. The molecule has 0 aromatic heterocycles. The van der Waals surface area contributed by atoms with Crippen molar-refractivity contribution in [3.63, 3.8) is 0 Å². The molecule has 0 aromatic rings. The van der Waals surface area contributed by atoms with E-state index in [1.807, 2.05) is 0 Å². The monoisotopic (exact) mass is 234 g/mol. The third-order valence-corrected chi connectivity index (χ3v) is 5.08. The third-order valence-electron chi connectivity index (χ3n) is 5.08. The smallest absolute Gasteiger partial charge is 0.0196 e. The molecule has 0 radical (unpaired) electrons. The molecule has 3 aliphatic rings. The topological polar surface area (TPSA) is 15.3 Å². The van der Waals surface area contributed by atoms with Gasteiger partial charge in [0.05, 0.1) is 0 Å². The standard InChI is InChI=1S/C15H26N2/c1-12(14-9-16-10-14)11-17-8-4-6-13-5-2-3-7-15(13)17/h13,15-16H,2-11H2,1H3. The molecule has 0 bridgehead atoms. The Kier molecular flexibility index (Phi) is 3.53. The fraction of sp³-hybridized carbons (Fsp3) is 0.867. The number of hydrogen-bond donors (Lipinski definition) is 1. The number of nitrogens with one attached hydrogen (secondary N) is 1. The van der Waals surface area contributed by atoms with E-state index in [1.54, 1.807) is 11.1 Å². The van der Waals surface area contributed by atoms with Crippen molar-refractivity contribution in [1.29, 1.82) is 0 Å². The summed E-state index contributed by atoms with van der Waals surface area (Å²) < 4.78 is 0. The van der Waals surface area contributed by atoms with Crippen molar-refractivity contribution in [3.8, 4) is 0 Å². The van der Waals surface area contributed by atoms with Gasteiger partial charge in [-0.15, -0.1) is 0 Å². The van der Waals surface area contributed by atoms with Gasteiger partial charge >= 0.3 is 0 Å². The van der Waals surface area contributed by atoms with Gasteiger partial charge < -0.3 is 5.32 Å². The van der Waals surface area contributed by atoms with Crippen LogP contribution in [0.5, 0.6) is 0 Å². The van der Waals surface area contributed by atoms with Crippen molar-refractivity contribution < 1.29 is 0 Å². The van der Waals surface area contributed by atoms with Gasteiger partial charge in [-0.05, 0) is 50.6 Å². The van der Waals surface area contributed by atoms with Crippen molar-refractivity contribution in [3.05, 3.63) is 11.1 Å². The molecule has 2 heteroatoms. The van der Waals surface area contributed by atoms with Gasteiger partial charge in [0.2, 0.25) is 0 Å². The highest BCUT2D eigenvalue weighted by molar-refractivity contribution is 5.22. The Labute approximate surface area is 105 Å². The normalized spacial score (nSPS) is 34.1. The Morgan fingerprint density at radius 2 is 1.94 bits per heavy atom. The van der Waals surface area contributed by atoms with Gasteiger partial charge in [0.1, 0.15) is 0 Å². The molecule has 2 saturated heterocycles. The molecule has 3 fully saturated rings. The second-order valence-corrected chi connectivity index (χ2v) is 6.21. The van der Waals surface area contributed by atoms with E-state index in [4.69, 9.17) is 0 Å². The van der Waals surface area contributed by atoms with Crippen molar-refractivity contribution in [2.75, 3.05) is 26.2 Å². The molecule has 1 saturated carbocycles. The summed E-state index contributed by atoms with van der Waals surface area (Å²) in [4.78, 5) is 2.80. The summed E-state index contributed by atoms with van der Waals surface area (Å²) in [5.41, 5.74) is 3.32. The van der Waals surface area contributed by atoms with Gasteiger partial charge in [-0.3, -0.25) is 4.90 Å². The first kappa shape index (κ1) is 11.7. The molecule has 1 aliphatic carbocycles. The second-order valence-electron chi connectivity index (χ2n) is 6.21. The molecule has 96 valence electrons. The molecule has 0 aromatic carbocycles. The van der Waals surface area contributed by atoms with E-state index in [2.05, 4.69) is 17.1 Å². The molecule has 17 heavy (non-hydrogen) atoms. The van der Waals surface area contributed by atoms with Crippen LogP contribution in [-0.2, 0) is 0 Å². The summed E-state index contributed by atoms with van der Waals surface area (Å²) in [5, 5.41) is 3.36. The van der Waals surface area contributed by atoms with Crippen LogP contribution in [-0.4, -0.2) is 37.1 Å². The zero-order valence-corrected chi connectivity index (χ0v) is 11.2. The van der Waals surface area contributed by atoms with E-state index in [-0.39, 0.29) is 0 Å². The average molecular weight is 234 g/mol. The van der Waals surface area contributed by atoms with E-state index < -0.39 is 0 Å². The van der Waals surface area contributed by atoms with Gasteiger partial charge in [-0.25, -0.2) is 0 Å². The fourth-order valence-corrected chi connectivity index (χ4v) is 3.89. The predicted molar refractivity (Wildman–Crippen MR) is 72.1 cm³/mol. The van der Waals surface area contributed by atoms with Crippen LogP contribution < -0.4 is 5.32 Å².